The molecule has 3 aromatic rings. The van der Waals surface area contributed by atoms with Crippen molar-refractivity contribution in [2.45, 2.75) is 24.7 Å². The molecule has 9 nitrogen and oxygen atoms in total. The molecule has 0 unspecified atom stereocenters. The van der Waals surface area contributed by atoms with Gasteiger partial charge in [0.15, 0.2) is 6.10 Å². The number of carbonyl (C=O) groups is 2. The van der Waals surface area contributed by atoms with Crippen LogP contribution in [-0.4, -0.2) is 81.4 Å². The summed E-state index contributed by atoms with van der Waals surface area (Å²) in [6.07, 6.45) is -5.34. The van der Waals surface area contributed by atoms with Gasteiger partial charge in [-0.15, -0.1) is 12.4 Å². The van der Waals surface area contributed by atoms with Crippen molar-refractivity contribution in [1.29, 1.82) is 0 Å². The number of anilines is 1. The van der Waals surface area contributed by atoms with Crippen molar-refractivity contribution in [3.05, 3.63) is 53.4 Å². The van der Waals surface area contributed by atoms with E-state index in [-0.39, 0.29) is 67.0 Å². The Labute approximate surface area is 218 Å². The molecule has 4 heterocycles. The average Bonchev–Trinajstić information content (AvgIpc) is 3.15. The normalized spacial score (nSPS) is 18.3. The third-order valence-corrected chi connectivity index (χ3v) is 6.45. The number of hydrogen-bond donors (Lipinski definition) is 1. The van der Waals surface area contributed by atoms with E-state index in [4.69, 9.17) is 10.5 Å². The van der Waals surface area contributed by atoms with Crippen molar-refractivity contribution in [3.8, 4) is 0 Å². The summed E-state index contributed by atoms with van der Waals surface area (Å²) in [5, 5.41) is 4.33. The predicted octanol–water partition coefficient (Wildman–Crippen LogP) is 2.74. The molecule has 15 heteroatoms. The number of halogens is 6. The smallest absolute Gasteiger partial charge is 0.384 e. The van der Waals surface area contributed by atoms with Gasteiger partial charge in [-0.1, -0.05) is 0 Å². The van der Waals surface area contributed by atoms with Gasteiger partial charge < -0.3 is 20.3 Å². The second-order valence-corrected chi connectivity index (χ2v) is 8.94. The number of aromatic nitrogens is 3. The van der Waals surface area contributed by atoms with Crippen molar-refractivity contribution in [3.63, 3.8) is 0 Å². The second-order valence-electron chi connectivity index (χ2n) is 8.94. The van der Waals surface area contributed by atoms with Crippen LogP contribution >= 0.6 is 12.4 Å². The van der Waals surface area contributed by atoms with Crippen LogP contribution in [-0.2, 0) is 16.1 Å². The third-order valence-electron chi connectivity index (χ3n) is 6.45. The molecule has 1 aromatic carbocycles. The Hall–Kier alpha value is -3.52. The minimum atomic E-state index is -4.63. The van der Waals surface area contributed by atoms with Crippen molar-refractivity contribution in [2.75, 3.05) is 38.5 Å². The van der Waals surface area contributed by atoms with E-state index in [1.54, 1.807) is 0 Å². The van der Waals surface area contributed by atoms with Crippen LogP contribution in [0.1, 0.15) is 22.0 Å². The second kappa shape index (κ2) is 10.3. The van der Waals surface area contributed by atoms with Gasteiger partial charge in [0.05, 0.1) is 29.7 Å². The van der Waals surface area contributed by atoms with Gasteiger partial charge in [0.25, 0.3) is 5.91 Å². The number of nitrogens with zero attached hydrogens (tertiary/aromatic N) is 5. The molecule has 0 spiro atoms. The number of nitrogen functional groups attached to an aromatic ring is 1. The molecular weight excluding hydrogens is 539 g/mol. The fourth-order valence-corrected chi connectivity index (χ4v) is 4.54. The Kier molecular flexibility index (Phi) is 7.48. The zero-order valence-electron chi connectivity index (χ0n) is 19.6. The van der Waals surface area contributed by atoms with Gasteiger partial charge in [-0.25, -0.2) is 13.8 Å². The largest absolute Gasteiger partial charge is 0.416 e. The summed E-state index contributed by atoms with van der Waals surface area (Å²) >= 11 is 0. The van der Waals surface area contributed by atoms with Crippen LogP contribution in [0.25, 0.3) is 10.9 Å². The van der Waals surface area contributed by atoms with E-state index in [0.29, 0.717) is 11.6 Å². The molecule has 2 fully saturated rings. The van der Waals surface area contributed by atoms with Crippen molar-refractivity contribution < 1.29 is 36.3 Å². The van der Waals surface area contributed by atoms with Crippen molar-refractivity contribution in [2.24, 2.45) is 0 Å². The highest BCUT2D eigenvalue weighted by Crippen LogP contribution is 2.35. The summed E-state index contributed by atoms with van der Waals surface area (Å²) < 4.78 is 73.9. The molecule has 1 atom stereocenters. The molecule has 2 amide bonds. The Morgan fingerprint density at radius 3 is 2.53 bits per heavy atom. The lowest BCUT2D eigenvalue weighted by Crippen LogP contribution is -2.51. The fourth-order valence-electron chi connectivity index (χ4n) is 4.54. The maximum Gasteiger partial charge on any atom is 0.416 e. The molecule has 38 heavy (non-hydrogen) atoms. The maximum atomic E-state index is 14.8. The molecule has 2 aromatic heterocycles. The number of hydrogen-bond acceptors (Lipinski definition) is 6. The van der Waals surface area contributed by atoms with Gasteiger partial charge in [-0.3, -0.25) is 14.3 Å². The molecule has 0 saturated carbocycles. The van der Waals surface area contributed by atoms with Crippen LogP contribution in [0.3, 0.4) is 0 Å². The first kappa shape index (κ1) is 27.5. The highest BCUT2D eigenvalue weighted by molar-refractivity contribution is 5.95. The molecule has 2 saturated heterocycles. The number of likely N-dealkylation sites (tertiary alicyclic amines) is 1. The zero-order chi connectivity index (χ0) is 26.5. The molecule has 204 valence electrons. The first-order chi connectivity index (χ1) is 17.5. The van der Waals surface area contributed by atoms with E-state index in [2.05, 4.69) is 10.1 Å². The van der Waals surface area contributed by atoms with E-state index in [9.17, 15) is 31.5 Å². The minimum absolute atomic E-state index is 0. The van der Waals surface area contributed by atoms with Gasteiger partial charge in [-0.05, 0) is 12.1 Å². The number of alkyl halides is 3. The summed E-state index contributed by atoms with van der Waals surface area (Å²) in [6, 6.07) is 4.65. The Balaban J connectivity index is 0.00000336. The van der Waals surface area contributed by atoms with Crippen LogP contribution < -0.4 is 5.73 Å². The van der Waals surface area contributed by atoms with Gasteiger partial charge in [0.1, 0.15) is 24.0 Å². The molecular formula is C23H22ClF5N6O3. The third kappa shape index (κ3) is 5.23. The number of carbonyl (C=O) groups excluding carboxylic acids is 2. The van der Waals surface area contributed by atoms with E-state index in [1.165, 1.54) is 23.2 Å². The number of ether oxygens (including phenoxy) is 1. The molecule has 2 aliphatic rings. The summed E-state index contributed by atoms with van der Waals surface area (Å²) in [4.78, 5) is 31.9. The first-order valence-corrected chi connectivity index (χ1v) is 11.3. The monoisotopic (exact) mass is 560 g/mol. The summed E-state index contributed by atoms with van der Waals surface area (Å²) in [6.45, 7) is -1.17. The van der Waals surface area contributed by atoms with Crippen LogP contribution in [0.15, 0.2) is 30.5 Å². The van der Waals surface area contributed by atoms with Crippen LogP contribution in [0.2, 0.25) is 0 Å². The predicted molar refractivity (Wildman–Crippen MR) is 127 cm³/mol. The summed E-state index contributed by atoms with van der Waals surface area (Å²) in [5.41, 5.74) is 6.19. The average molecular weight is 561 g/mol. The van der Waals surface area contributed by atoms with Crippen LogP contribution in [0.4, 0.5) is 27.8 Å². The minimum Gasteiger partial charge on any atom is -0.384 e. The molecule has 0 radical (unpaired) electrons. The number of pyridine rings is 1. The number of morpholine rings is 1. The van der Waals surface area contributed by atoms with Gasteiger partial charge >= 0.3 is 6.18 Å². The molecule has 2 N–H and O–H groups in total. The van der Waals surface area contributed by atoms with Gasteiger partial charge in [0, 0.05) is 49.4 Å². The summed E-state index contributed by atoms with van der Waals surface area (Å²) in [7, 11) is 0. The van der Waals surface area contributed by atoms with Crippen LogP contribution in [0.5, 0.6) is 0 Å². The molecule has 0 bridgehead atoms. The number of amides is 2. The van der Waals surface area contributed by atoms with Crippen LogP contribution in [0, 0.1) is 11.6 Å². The lowest BCUT2D eigenvalue weighted by atomic mass is 9.93. The highest BCUT2D eigenvalue weighted by atomic mass is 35.5. The Bertz CT molecular complexity index is 1380. The van der Waals surface area contributed by atoms with Crippen molar-refractivity contribution in [1.82, 2.24) is 24.6 Å². The quantitative estimate of drug-likeness (QED) is 0.492. The van der Waals surface area contributed by atoms with E-state index >= 15 is 0 Å². The number of fused-ring (bicyclic) bond motifs is 1. The van der Waals surface area contributed by atoms with Gasteiger partial charge in [0.2, 0.25) is 5.91 Å². The standard InChI is InChI=1S/C23H21F5N6O3.ClH/c24-14-6-15(25)20-16(7-14)34(11-19(35)32-3-4-37-17(10-32)23(26,27)28)31-21(20)13-8-33(9-13)22(36)12-1-2-30-18(29)5-12;/h1-2,5-7,13,17H,3-4,8-11H2,(H2,29,30);1H/t17-;/m1./s1. The fraction of sp³-hybridized carbons (Fsp3) is 0.391. The lowest BCUT2D eigenvalue weighted by molar-refractivity contribution is -0.236. The SMILES string of the molecule is Cl.Nc1cc(C(=O)N2CC(c3nn(CC(=O)N4CCO[C@@H](C(F)(F)F)C4)c4cc(F)cc(F)c34)C2)ccn1. The highest BCUT2D eigenvalue weighted by Gasteiger charge is 2.44. The molecule has 5 rings (SSSR count). The van der Waals surface area contributed by atoms with E-state index in [1.807, 2.05) is 0 Å². The lowest BCUT2D eigenvalue weighted by Gasteiger charge is -2.38. The van der Waals surface area contributed by atoms with Gasteiger partial charge in [-0.2, -0.15) is 18.3 Å². The van der Waals surface area contributed by atoms with Crippen molar-refractivity contribution >= 4 is 40.9 Å². The molecule has 0 aliphatic carbocycles. The molecule has 2 aliphatic heterocycles. The van der Waals surface area contributed by atoms with E-state index < -0.39 is 48.8 Å². The maximum absolute atomic E-state index is 14.8. The number of nitrogens with two attached hydrogens (primary N) is 1. The van der Waals surface area contributed by atoms with E-state index in [0.717, 1.165) is 15.6 Å². The Morgan fingerprint density at radius 2 is 1.84 bits per heavy atom. The number of rotatable bonds is 4. The summed E-state index contributed by atoms with van der Waals surface area (Å²) in [5.74, 6) is -3.00. The topological polar surface area (TPSA) is 107 Å². The Morgan fingerprint density at radius 1 is 1.11 bits per heavy atom. The zero-order valence-corrected chi connectivity index (χ0v) is 20.4. The first-order valence-electron chi connectivity index (χ1n) is 11.3. The number of benzene rings is 1.